The quantitative estimate of drug-likeness (QED) is 0.198. The van der Waals surface area contributed by atoms with Crippen LogP contribution in [0.15, 0.2) is 11.6 Å². The summed E-state index contributed by atoms with van der Waals surface area (Å²) in [6, 6.07) is 0. The number of carbonyl (C=O) groups is 2. The van der Waals surface area contributed by atoms with Crippen LogP contribution in [0, 0.1) is 35.0 Å². The molecule has 4 aliphatic carbocycles. The largest absolute Gasteiger partial charge is 0.508 e. The van der Waals surface area contributed by atoms with E-state index in [1.165, 1.54) is 69.8 Å². The van der Waals surface area contributed by atoms with Gasteiger partial charge in [-0.05, 0) is 81.1 Å². The molecule has 0 heterocycles. The summed E-state index contributed by atoms with van der Waals surface area (Å²) in [5.41, 5.74) is 1.51. The highest BCUT2D eigenvalue weighted by atomic mass is 16.7. The number of fused-ring (bicyclic) bond motifs is 5. The van der Waals surface area contributed by atoms with Gasteiger partial charge in [0.25, 0.3) is 0 Å². The summed E-state index contributed by atoms with van der Waals surface area (Å²) in [6.07, 6.45) is 22.1. The third kappa shape index (κ3) is 6.38. The van der Waals surface area contributed by atoms with Crippen LogP contribution in [0.3, 0.4) is 0 Å². The van der Waals surface area contributed by atoms with Crippen molar-refractivity contribution < 1.29 is 19.1 Å². The fourth-order valence-corrected chi connectivity index (χ4v) is 8.39. The fourth-order valence-electron chi connectivity index (χ4n) is 8.39. The van der Waals surface area contributed by atoms with Crippen LogP contribution in [0.25, 0.3) is 0 Å². The number of ketones is 1. The minimum absolute atomic E-state index is 0.00699. The lowest BCUT2D eigenvalue weighted by molar-refractivity contribution is -0.120. The standard InChI is InChI=1S/C32H52O4/c1-4-5-6-7-8-9-10-11-12-13-20-35-31(34)36-30-17-16-28-26-15-14-24-22-29(33)23(2)21-27(24)25(26)18-19-32(28,30)3/h22-23,25-28,30H,4-21H2,1-3H3/t23?,25-,26+,27-,28-,30-,32-/m0/s1. The number of unbranched alkanes of at least 4 members (excludes halogenated alkanes) is 9. The first kappa shape index (κ1) is 27.7. The molecule has 0 aromatic heterocycles. The molecule has 0 aromatic carbocycles. The maximum absolute atomic E-state index is 12.5. The summed E-state index contributed by atoms with van der Waals surface area (Å²) in [6.45, 7) is 7.23. The molecule has 4 aliphatic rings. The van der Waals surface area contributed by atoms with Crippen molar-refractivity contribution in [3.63, 3.8) is 0 Å². The molecule has 36 heavy (non-hydrogen) atoms. The normalized spacial score (nSPS) is 35.4. The summed E-state index contributed by atoms with van der Waals surface area (Å²) in [4.78, 5) is 24.8. The highest BCUT2D eigenvalue weighted by Gasteiger charge is 2.57. The zero-order chi connectivity index (χ0) is 25.5. The number of allylic oxidation sites excluding steroid dienone is 1. The smallest absolute Gasteiger partial charge is 0.434 e. The molecule has 0 aromatic rings. The van der Waals surface area contributed by atoms with Gasteiger partial charge >= 0.3 is 6.16 Å². The fraction of sp³-hybridized carbons (Fsp3) is 0.875. The Morgan fingerprint density at radius 3 is 2.36 bits per heavy atom. The molecule has 4 rings (SSSR count). The molecule has 4 heteroatoms. The van der Waals surface area contributed by atoms with E-state index in [0.717, 1.165) is 44.9 Å². The highest BCUT2D eigenvalue weighted by molar-refractivity contribution is 5.93. The Kier molecular flexibility index (Phi) is 9.98. The minimum atomic E-state index is -0.451. The average molecular weight is 501 g/mol. The van der Waals surface area contributed by atoms with Gasteiger partial charge in [0.05, 0.1) is 6.61 Å². The van der Waals surface area contributed by atoms with E-state index in [2.05, 4.69) is 20.8 Å². The summed E-state index contributed by atoms with van der Waals surface area (Å²) in [5, 5.41) is 0. The van der Waals surface area contributed by atoms with Gasteiger partial charge in [0, 0.05) is 11.3 Å². The highest BCUT2D eigenvalue weighted by Crippen LogP contribution is 2.62. The van der Waals surface area contributed by atoms with Crippen LogP contribution in [0.2, 0.25) is 0 Å². The van der Waals surface area contributed by atoms with Crippen molar-refractivity contribution in [1.29, 1.82) is 0 Å². The molecule has 0 spiro atoms. The maximum Gasteiger partial charge on any atom is 0.508 e. The molecule has 1 unspecified atom stereocenters. The van der Waals surface area contributed by atoms with Gasteiger partial charge in [-0.3, -0.25) is 4.79 Å². The van der Waals surface area contributed by atoms with Crippen molar-refractivity contribution in [2.24, 2.45) is 35.0 Å². The van der Waals surface area contributed by atoms with Crippen molar-refractivity contribution in [3.05, 3.63) is 11.6 Å². The molecule has 0 amide bonds. The van der Waals surface area contributed by atoms with E-state index in [1.54, 1.807) is 0 Å². The second-order valence-electron chi connectivity index (χ2n) is 12.8. The van der Waals surface area contributed by atoms with E-state index < -0.39 is 6.16 Å². The Labute approximate surface area is 220 Å². The van der Waals surface area contributed by atoms with Crippen LogP contribution in [-0.4, -0.2) is 24.6 Å². The SMILES string of the molecule is CCCCCCCCCCCCOC(=O)O[C@H]1CC[C@H]2[C@@H]3CCC4=CC(=O)C(C)C[C@@H]4[C@H]3CC[C@]12C. The number of ether oxygens (including phenoxy) is 2. The van der Waals surface area contributed by atoms with Gasteiger partial charge in [0.15, 0.2) is 5.78 Å². The summed E-state index contributed by atoms with van der Waals surface area (Å²) >= 11 is 0. The average Bonchev–Trinajstić information content (AvgIpc) is 3.19. The van der Waals surface area contributed by atoms with Crippen LogP contribution in [0.5, 0.6) is 0 Å². The predicted molar refractivity (Wildman–Crippen MR) is 145 cm³/mol. The van der Waals surface area contributed by atoms with E-state index in [9.17, 15) is 9.59 Å². The summed E-state index contributed by atoms with van der Waals surface area (Å²) < 4.78 is 11.5. The molecule has 0 aliphatic heterocycles. The molecule has 3 saturated carbocycles. The summed E-state index contributed by atoms with van der Waals surface area (Å²) in [5.74, 6) is 3.17. The van der Waals surface area contributed by atoms with E-state index in [1.807, 2.05) is 6.08 Å². The number of rotatable bonds is 12. The zero-order valence-electron chi connectivity index (χ0n) is 23.4. The van der Waals surface area contributed by atoms with E-state index >= 15 is 0 Å². The van der Waals surface area contributed by atoms with Gasteiger partial charge in [-0.15, -0.1) is 0 Å². The first-order valence-electron chi connectivity index (χ1n) is 15.5. The minimum Gasteiger partial charge on any atom is -0.434 e. The van der Waals surface area contributed by atoms with Gasteiger partial charge in [-0.2, -0.15) is 0 Å². The van der Waals surface area contributed by atoms with Crippen LogP contribution in [0.1, 0.15) is 130 Å². The van der Waals surface area contributed by atoms with E-state index in [-0.39, 0.29) is 17.4 Å². The zero-order valence-corrected chi connectivity index (χ0v) is 23.4. The van der Waals surface area contributed by atoms with E-state index in [0.29, 0.717) is 36.1 Å². The van der Waals surface area contributed by atoms with Gasteiger partial charge in [0.1, 0.15) is 6.10 Å². The molecule has 0 N–H and O–H groups in total. The van der Waals surface area contributed by atoms with Crippen molar-refractivity contribution in [2.45, 2.75) is 136 Å². The first-order valence-corrected chi connectivity index (χ1v) is 15.5. The lowest BCUT2D eigenvalue weighted by atomic mass is 9.51. The number of carbonyl (C=O) groups excluding carboxylic acids is 2. The summed E-state index contributed by atoms with van der Waals surface area (Å²) in [7, 11) is 0. The molecule has 4 nitrogen and oxygen atoms in total. The van der Waals surface area contributed by atoms with Gasteiger partial charge < -0.3 is 9.47 Å². The monoisotopic (exact) mass is 500 g/mol. The molecule has 0 bridgehead atoms. The van der Waals surface area contributed by atoms with Crippen molar-refractivity contribution in [1.82, 2.24) is 0 Å². The van der Waals surface area contributed by atoms with Crippen molar-refractivity contribution in [3.8, 4) is 0 Å². The Balaban J connectivity index is 1.16. The molecule has 7 atom stereocenters. The third-order valence-electron chi connectivity index (χ3n) is 10.5. The van der Waals surface area contributed by atoms with Crippen LogP contribution >= 0.6 is 0 Å². The maximum atomic E-state index is 12.5. The van der Waals surface area contributed by atoms with Crippen LogP contribution in [0.4, 0.5) is 4.79 Å². The molecule has 0 saturated heterocycles. The topological polar surface area (TPSA) is 52.6 Å². The first-order chi connectivity index (χ1) is 17.4. The Hall–Kier alpha value is -1.32. The van der Waals surface area contributed by atoms with Crippen LogP contribution < -0.4 is 0 Å². The number of hydrogen-bond donors (Lipinski definition) is 0. The van der Waals surface area contributed by atoms with E-state index in [4.69, 9.17) is 9.47 Å². The van der Waals surface area contributed by atoms with Crippen molar-refractivity contribution >= 4 is 11.9 Å². The molecule has 3 fully saturated rings. The van der Waals surface area contributed by atoms with Crippen molar-refractivity contribution in [2.75, 3.05) is 6.61 Å². The second-order valence-corrected chi connectivity index (χ2v) is 12.8. The van der Waals surface area contributed by atoms with Crippen LogP contribution in [-0.2, 0) is 14.3 Å². The molecular weight excluding hydrogens is 448 g/mol. The molecule has 0 radical (unpaired) electrons. The second kappa shape index (κ2) is 13.0. The van der Waals surface area contributed by atoms with Gasteiger partial charge in [0.2, 0.25) is 0 Å². The molecule has 204 valence electrons. The number of hydrogen-bond acceptors (Lipinski definition) is 4. The predicted octanol–water partition coefficient (Wildman–Crippen LogP) is 8.82. The Morgan fingerprint density at radius 2 is 1.64 bits per heavy atom. The Bertz CT molecular complexity index is 772. The van der Waals surface area contributed by atoms with Gasteiger partial charge in [-0.25, -0.2) is 4.79 Å². The molecular formula is C32H52O4. The lowest BCUT2D eigenvalue weighted by Gasteiger charge is -2.53. The Morgan fingerprint density at radius 1 is 0.944 bits per heavy atom. The third-order valence-corrected chi connectivity index (χ3v) is 10.5. The lowest BCUT2D eigenvalue weighted by Crippen LogP contribution is -2.48. The van der Waals surface area contributed by atoms with Gasteiger partial charge in [-0.1, -0.05) is 84.1 Å².